The van der Waals surface area contributed by atoms with Crippen LogP contribution in [0.2, 0.25) is 0 Å². The normalized spacial score (nSPS) is 12.1. The maximum absolute atomic E-state index is 12.1. The molecule has 3 rings (SSSR count). The van der Waals surface area contributed by atoms with Crippen LogP contribution in [-0.4, -0.2) is 30.2 Å². The van der Waals surface area contributed by atoms with Gasteiger partial charge in [-0.15, -0.1) is 0 Å². The number of rotatable bonds is 6. The number of carbonyl (C=O) groups is 1. The Bertz CT molecular complexity index is 791. The van der Waals surface area contributed by atoms with Crippen LogP contribution in [-0.2, 0) is 11.3 Å². The maximum atomic E-state index is 12.1. The van der Waals surface area contributed by atoms with E-state index in [0.29, 0.717) is 13.0 Å². The smallest absolute Gasteiger partial charge is 0.222 e. The van der Waals surface area contributed by atoms with Crippen molar-refractivity contribution in [2.45, 2.75) is 32.9 Å². The molecule has 7 heteroatoms. The molecule has 24 heavy (non-hydrogen) atoms. The van der Waals surface area contributed by atoms with E-state index in [-0.39, 0.29) is 11.9 Å². The predicted molar refractivity (Wildman–Crippen MR) is 89.5 cm³/mol. The second-order valence-electron chi connectivity index (χ2n) is 5.64. The molecule has 2 aromatic heterocycles. The highest BCUT2D eigenvalue weighted by molar-refractivity contribution is 5.76. The Morgan fingerprint density at radius 2 is 2.08 bits per heavy atom. The van der Waals surface area contributed by atoms with E-state index in [9.17, 15) is 4.79 Å². The summed E-state index contributed by atoms with van der Waals surface area (Å²) in [7, 11) is 0. The topological polar surface area (TPSA) is 77.6 Å². The van der Waals surface area contributed by atoms with Crippen LogP contribution in [0.3, 0.4) is 0 Å². The monoisotopic (exact) mass is 324 g/mol. The third kappa shape index (κ3) is 3.68. The van der Waals surface area contributed by atoms with Gasteiger partial charge in [-0.05, 0) is 31.5 Å². The zero-order valence-corrected chi connectivity index (χ0v) is 13.8. The van der Waals surface area contributed by atoms with E-state index < -0.39 is 0 Å². The Hall–Kier alpha value is -2.96. The van der Waals surface area contributed by atoms with Crippen LogP contribution >= 0.6 is 0 Å². The van der Waals surface area contributed by atoms with Gasteiger partial charge in [-0.3, -0.25) is 4.79 Å². The fourth-order valence-electron chi connectivity index (χ4n) is 2.52. The summed E-state index contributed by atoms with van der Waals surface area (Å²) in [5, 5.41) is 7.12. The maximum Gasteiger partial charge on any atom is 0.222 e. The van der Waals surface area contributed by atoms with E-state index in [1.165, 1.54) is 6.33 Å². The molecule has 0 spiro atoms. The van der Waals surface area contributed by atoms with Gasteiger partial charge in [0.25, 0.3) is 0 Å². The van der Waals surface area contributed by atoms with Crippen molar-refractivity contribution >= 4 is 5.91 Å². The van der Waals surface area contributed by atoms with Gasteiger partial charge in [0, 0.05) is 25.4 Å². The summed E-state index contributed by atoms with van der Waals surface area (Å²) < 4.78 is 3.66. The number of hydrogen-bond donors (Lipinski definition) is 1. The molecule has 7 nitrogen and oxygen atoms in total. The standard InChI is InChI=1S/C17H20N6O/c1-13(21-17(24)7-9-22-10-8-19-14(22)2)15-3-5-16(6-4-15)23-12-18-11-20-23/h3-6,8,10-13H,7,9H2,1-2H3,(H,21,24)/t13-/m0/s1. The van der Waals surface area contributed by atoms with Gasteiger partial charge in [-0.25, -0.2) is 14.6 Å². The average molecular weight is 324 g/mol. The molecule has 0 unspecified atom stereocenters. The molecule has 0 saturated heterocycles. The lowest BCUT2D eigenvalue weighted by Crippen LogP contribution is -2.27. The lowest BCUT2D eigenvalue weighted by molar-refractivity contribution is -0.121. The molecule has 3 aromatic rings. The van der Waals surface area contributed by atoms with Gasteiger partial charge < -0.3 is 9.88 Å². The van der Waals surface area contributed by atoms with Gasteiger partial charge in [0.15, 0.2) is 0 Å². The molecule has 1 amide bonds. The first-order valence-electron chi connectivity index (χ1n) is 7.85. The van der Waals surface area contributed by atoms with E-state index in [1.54, 1.807) is 17.2 Å². The van der Waals surface area contributed by atoms with Crippen molar-refractivity contribution in [3.05, 3.63) is 60.7 Å². The first kappa shape index (κ1) is 15.9. The summed E-state index contributed by atoms with van der Waals surface area (Å²) in [4.78, 5) is 20.2. The van der Waals surface area contributed by atoms with Crippen molar-refractivity contribution in [2.75, 3.05) is 0 Å². The number of imidazole rings is 1. The van der Waals surface area contributed by atoms with Crippen molar-refractivity contribution in [3.63, 3.8) is 0 Å². The molecule has 2 heterocycles. The first-order valence-corrected chi connectivity index (χ1v) is 7.85. The zero-order chi connectivity index (χ0) is 16.9. The molecular weight excluding hydrogens is 304 g/mol. The quantitative estimate of drug-likeness (QED) is 0.753. The first-order chi connectivity index (χ1) is 11.6. The number of amides is 1. The van der Waals surface area contributed by atoms with Gasteiger partial charge in [0.1, 0.15) is 18.5 Å². The Labute approximate surface area is 140 Å². The van der Waals surface area contributed by atoms with E-state index in [4.69, 9.17) is 0 Å². The van der Waals surface area contributed by atoms with Gasteiger partial charge >= 0.3 is 0 Å². The molecule has 0 aliphatic rings. The van der Waals surface area contributed by atoms with Crippen LogP contribution in [0, 0.1) is 6.92 Å². The van der Waals surface area contributed by atoms with Crippen LogP contribution < -0.4 is 5.32 Å². The van der Waals surface area contributed by atoms with Crippen LogP contribution in [0.15, 0.2) is 49.3 Å². The van der Waals surface area contributed by atoms with Gasteiger partial charge in [-0.1, -0.05) is 12.1 Å². The molecule has 0 radical (unpaired) electrons. The summed E-state index contributed by atoms with van der Waals surface area (Å²) >= 11 is 0. The minimum absolute atomic E-state index is 0.0240. The van der Waals surface area contributed by atoms with E-state index in [2.05, 4.69) is 20.4 Å². The Morgan fingerprint density at radius 3 is 2.71 bits per heavy atom. The number of nitrogens with one attached hydrogen (secondary N) is 1. The Balaban J connectivity index is 1.55. The fourth-order valence-corrected chi connectivity index (χ4v) is 2.52. The minimum atomic E-state index is -0.0498. The highest BCUT2D eigenvalue weighted by Gasteiger charge is 2.10. The number of aryl methyl sites for hydroxylation is 2. The molecule has 0 saturated carbocycles. The number of aromatic nitrogens is 5. The summed E-state index contributed by atoms with van der Waals surface area (Å²) in [5.41, 5.74) is 1.98. The van der Waals surface area contributed by atoms with Crippen molar-refractivity contribution in [1.29, 1.82) is 0 Å². The fraction of sp³-hybridized carbons (Fsp3) is 0.294. The van der Waals surface area contributed by atoms with Crippen LogP contribution in [0.4, 0.5) is 0 Å². The van der Waals surface area contributed by atoms with Crippen LogP contribution in [0.25, 0.3) is 5.69 Å². The highest BCUT2D eigenvalue weighted by atomic mass is 16.1. The summed E-state index contributed by atoms with van der Waals surface area (Å²) in [5.74, 6) is 0.940. The molecular formula is C17H20N6O. The summed E-state index contributed by atoms with van der Waals surface area (Å²) in [6, 6.07) is 7.85. The third-order valence-electron chi connectivity index (χ3n) is 3.96. The number of hydrogen-bond acceptors (Lipinski definition) is 4. The van der Waals surface area contributed by atoms with Crippen molar-refractivity contribution in [3.8, 4) is 5.69 Å². The van der Waals surface area contributed by atoms with Crippen molar-refractivity contribution in [1.82, 2.24) is 29.6 Å². The van der Waals surface area contributed by atoms with Gasteiger partial charge in [0.2, 0.25) is 5.91 Å². The summed E-state index contributed by atoms with van der Waals surface area (Å²) in [6.45, 7) is 4.54. The molecule has 0 aliphatic carbocycles. The summed E-state index contributed by atoms with van der Waals surface area (Å²) in [6.07, 6.45) is 7.21. The molecule has 1 aromatic carbocycles. The second-order valence-corrected chi connectivity index (χ2v) is 5.64. The molecule has 0 bridgehead atoms. The number of nitrogens with zero attached hydrogens (tertiary/aromatic N) is 5. The number of benzene rings is 1. The van der Waals surface area contributed by atoms with Gasteiger partial charge in [-0.2, -0.15) is 5.10 Å². The second kappa shape index (κ2) is 7.08. The van der Waals surface area contributed by atoms with Crippen molar-refractivity contribution < 1.29 is 4.79 Å². The lowest BCUT2D eigenvalue weighted by atomic mass is 10.1. The highest BCUT2D eigenvalue weighted by Crippen LogP contribution is 2.15. The van der Waals surface area contributed by atoms with E-state index >= 15 is 0 Å². The van der Waals surface area contributed by atoms with Gasteiger partial charge in [0.05, 0.1) is 11.7 Å². The lowest BCUT2D eigenvalue weighted by Gasteiger charge is -2.15. The minimum Gasteiger partial charge on any atom is -0.350 e. The van der Waals surface area contributed by atoms with Crippen LogP contribution in [0.1, 0.15) is 30.8 Å². The molecule has 0 fully saturated rings. The van der Waals surface area contributed by atoms with Crippen molar-refractivity contribution in [2.24, 2.45) is 0 Å². The molecule has 124 valence electrons. The van der Waals surface area contributed by atoms with Crippen LogP contribution in [0.5, 0.6) is 0 Å². The molecule has 0 aliphatic heterocycles. The molecule has 1 N–H and O–H groups in total. The van der Waals surface area contributed by atoms with E-state index in [0.717, 1.165) is 17.1 Å². The molecule has 1 atom stereocenters. The Morgan fingerprint density at radius 1 is 1.29 bits per heavy atom. The Kier molecular flexibility index (Phi) is 4.69. The third-order valence-corrected chi connectivity index (χ3v) is 3.96. The average Bonchev–Trinajstić information content (AvgIpc) is 3.25. The van der Waals surface area contributed by atoms with E-state index in [1.807, 2.05) is 48.9 Å². The predicted octanol–water partition coefficient (Wildman–Crippen LogP) is 2.04. The number of carbonyl (C=O) groups excluding carboxylic acids is 1. The largest absolute Gasteiger partial charge is 0.350 e. The SMILES string of the molecule is Cc1nccn1CCC(=O)N[C@@H](C)c1ccc(-n2cncn2)cc1. The zero-order valence-electron chi connectivity index (χ0n) is 13.8.